The number of urea groups is 1. The van der Waals surface area contributed by atoms with Crippen molar-refractivity contribution >= 4 is 11.7 Å². The molecule has 0 spiro atoms. The molecule has 1 unspecified atom stereocenters. The quantitative estimate of drug-likeness (QED) is 0.818. The van der Waals surface area contributed by atoms with Crippen LogP contribution in [0.3, 0.4) is 0 Å². The fraction of sp³-hybridized carbons (Fsp3) is 0.500. The topological polar surface area (TPSA) is 67.6 Å². The molecule has 1 atom stereocenters. The molecule has 5 nitrogen and oxygen atoms in total. The van der Waals surface area contributed by atoms with Gasteiger partial charge in [0.2, 0.25) is 0 Å². The number of benzene rings is 1. The van der Waals surface area contributed by atoms with Crippen molar-refractivity contribution in [2.45, 2.75) is 32.4 Å². The fourth-order valence-electron chi connectivity index (χ4n) is 2.09. The Balaban J connectivity index is 1.85. The molecule has 1 fully saturated rings. The van der Waals surface area contributed by atoms with Gasteiger partial charge in [-0.1, -0.05) is 0 Å². The molecule has 1 heterocycles. The third kappa shape index (κ3) is 3.77. The van der Waals surface area contributed by atoms with Crippen molar-refractivity contribution < 1.29 is 9.53 Å². The second-order valence-electron chi connectivity index (χ2n) is 5.15. The predicted molar refractivity (Wildman–Crippen MR) is 75.1 cm³/mol. The van der Waals surface area contributed by atoms with E-state index < -0.39 is 0 Å². The fourth-order valence-corrected chi connectivity index (χ4v) is 2.09. The van der Waals surface area contributed by atoms with Gasteiger partial charge in [0.05, 0.1) is 6.54 Å². The van der Waals surface area contributed by atoms with E-state index in [2.05, 4.69) is 5.32 Å². The maximum atomic E-state index is 11.8. The molecule has 0 aliphatic carbocycles. The van der Waals surface area contributed by atoms with Crippen molar-refractivity contribution in [3.8, 4) is 5.75 Å². The molecule has 1 aliphatic rings. The van der Waals surface area contributed by atoms with Crippen LogP contribution in [-0.4, -0.2) is 36.2 Å². The Kier molecular flexibility index (Phi) is 4.14. The molecule has 5 heteroatoms. The highest BCUT2D eigenvalue weighted by Crippen LogP contribution is 2.19. The summed E-state index contributed by atoms with van der Waals surface area (Å²) in [6, 6.07) is 7.47. The lowest BCUT2D eigenvalue weighted by Gasteiger charge is -2.19. The van der Waals surface area contributed by atoms with Gasteiger partial charge in [-0.05, 0) is 38.1 Å². The Morgan fingerprint density at radius 1 is 1.42 bits per heavy atom. The van der Waals surface area contributed by atoms with E-state index in [-0.39, 0.29) is 18.2 Å². The third-order valence-electron chi connectivity index (χ3n) is 3.03. The van der Waals surface area contributed by atoms with Crippen LogP contribution in [0, 0.1) is 0 Å². The van der Waals surface area contributed by atoms with Crippen LogP contribution in [0.25, 0.3) is 0 Å². The first-order valence-corrected chi connectivity index (χ1v) is 6.62. The Bertz CT molecular complexity index is 431. The summed E-state index contributed by atoms with van der Waals surface area (Å²) in [5.74, 6) is 0.797. The highest BCUT2D eigenvalue weighted by Gasteiger charge is 2.27. The monoisotopic (exact) mass is 263 g/mol. The van der Waals surface area contributed by atoms with Gasteiger partial charge < -0.3 is 20.7 Å². The minimum Gasteiger partial charge on any atom is -0.489 e. The lowest BCUT2D eigenvalue weighted by atomic mass is 10.3. The molecule has 2 rings (SSSR count). The first-order chi connectivity index (χ1) is 9.04. The summed E-state index contributed by atoms with van der Waals surface area (Å²) in [5, 5.41) is 2.89. The van der Waals surface area contributed by atoms with Crippen LogP contribution >= 0.6 is 0 Å². The van der Waals surface area contributed by atoms with Gasteiger partial charge in [0.15, 0.2) is 0 Å². The van der Waals surface area contributed by atoms with Gasteiger partial charge in [-0.2, -0.15) is 0 Å². The summed E-state index contributed by atoms with van der Waals surface area (Å²) in [6.07, 6.45) is 0.914. The number of hydrogen-bond donors (Lipinski definition) is 2. The molecule has 0 saturated carbocycles. The summed E-state index contributed by atoms with van der Waals surface area (Å²) in [4.78, 5) is 13.6. The summed E-state index contributed by atoms with van der Waals surface area (Å²) < 4.78 is 5.84. The van der Waals surface area contributed by atoms with E-state index in [0.717, 1.165) is 24.4 Å². The minimum atomic E-state index is -0.0154. The van der Waals surface area contributed by atoms with Crippen molar-refractivity contribution in [1.29, 1.82) is 0 Å². The Hall–Kier alpha value is -1.91. The molecule has 1 aliphatic heterocycles. The van der Waals surface area contributed by atoms with Crippen LogP contribution in [0.2, 0.25) is 0 Å². The summed E-state index contributed by atoms with van der Waals surface area (Å²) >= 11 is 0. The lowest BCUT2D eigenvalue weighted by molar-refractivity contribution is 0.185. The van der Waals surface area contributed by atoms with Gasteiger partial charge in [0.25, 0.3) is 0 Å². The number of anilines is 1. The first-order valence-electron chi connectivity index (χ1n) is 6.62. The van der Waals surface area contributed by atoms with Crippen molar-refractivity contribution in [3.63, 3.8) is 0 Å². The molecule has 3 N–H and O–H groups in total. The number of nitrogens with one attached hydrogen (secondary N) is 1. The number of likely N-dealkylation sites (tertiary alicyclic amines) is 1. The summed E-state index contributed by atoms with van der Waals surface area (Å²) in [7, 11) is 0. The average Bonchev–Trinajstić information content (AvgIpc) is 2.80. The van der Waals surface area contributed by atoms with Gasteiger partial charge in [-0.3, -0.25) is 0 Å². The zero-order valence-corrected chi connectivity index (χ0v) is 11.4. The number of amides is 2. The molecule has 19 heavy (non-hydrogen) atoms. The SMILES string of the molecule is CC(C)NC(=O)N1CCC(Oc2ccc(N)cc2)C1. The van der Waals surface area contributed by atoms with Crippen molar-refractivity contribution in [3.05, 3.63) is 24.3 Å². The molecular weight excluding hydrogens is 242 g/mol. The zero-order chi connectivity index (χ0) is 13.8. The van der Waals surface area contributed by atoms with E-state index in [0.29, 0.717) is 6.54 Å². The first kappa shape index (κ1) is 13.5. The van der Waals surface area contributed by atoms with E-state index in [1.807, 2.05) is 38.1 Å². The van der Waals surface area contributed by atoms with E-state index in [1.165, 1.54) is 0 Å². The van der Waals surface area contributed by atoms with Gasteiger partial charge in [-0.25, -0.2) is 4.79 Å². The van der Waals surface area contributed by atoms with Gasteiger partial charge in [0.1, 0.15) is 11.9 Å². The standard InChI is InChI=1S/C14H21N3O2/c1-10(2)16-14(18)17-8-7-13(9-17)19-12-5-3-11(15)4-6-12/h3-6,10,13H,7-9,15H2,1-2H3,(H,16,18). The van der Waals surface area contributed by atoms with Gasteiger partial charge >= 0.3 is 6.03 Å². The lowest BCUT2D eigenvalue weighted by Crippen LogP contribution is -2.42. The smallest absolute Gasteiger partial charge is 0.317 e. The Morgan fingerprint density at radius 3 is 2.74 bits per heavy atom. The number of carbonyl (C=O) groups is 1. The average molecular weight is 263 g/mol. The van der Waals surface area contributed by atoms with Crippen LogP contribution in [0.1, 0.15) is 20.3 Å². The number of hydrogen-bond acceptors (Lipinski definition) is 3. The largest absolute Gasteiger partial charge is 0.489 e. The highest BCUT2D eigenvalue weighted by molar-refractivity contribution is 5.74. The van der Waals surface area contributed by atoms with Crippen molar-refractivity contribution in [2.24, 2.45) is 0 Å². The van der Waals surface area contributed by atoms with E-state index in [4.69, 9.17) is 10.5 Å². The van der Waals surface area contributed by atoms with E-state index >= 15 is 0 Å². The number of nitrogens with two attached hydrogens (primary N) is 1. The van der Waals surface area contributed by atoms with Crippen LogP contribution in [0.5, 0.6) is 5.75 Å². The maximum Gasteiger partial charge on any atom is 0.317 e. The van der Waals surface area contributed by atoms with Crippen LogP contribution in [-0.2, 0) is 0 Å². The van der Waals surface area contributed by atoms with Crippen LogP contribution < -0.4 is 15.8 Å². The summed E-state index contributed by atoms with van der Waals surface area (Å²) in [5.41, 5.74) is 6.35. The number of nitrogens with zero attached hydrogens (tertiary/aromatic N) is 1. The number of rotatable bonds is 3. The molecule has 0 aromatic heterocycles. The number of nitrogen functional groups attached to an aromatic ring is 1. The molecule has 0 bridgehead atoms. The maximum absolute atomic E-state index is 11.8. The second-order valence-corrected chi connectivity index (χ2v) is 5.15. The molecule has 2 amide bonds. The van der Waals surface area contributed by atoms with Gasteiger partial charge in [0, 0.05) is 24.7 Å². The van der Waals surface area contributed by atoms with Gasteiger partial charge in [-0.15, -0.1) is 0 Å². The zero-order valence-electron chi connectivity index (χ0n) is 11.4. The third-order valence-corrected chi connectivity index (χ3v) is 3.03. The predicted octanol–water partition coefficient (Wildman–Crippen LogP) is 1.84. The van der Waals surface area contributed by atoms with E-state index in [9.17, 15) is 4.79 Å². The summed E-state index contributed by atoms with van der Waals surface area (Å²) in [6.45, 7) is 5.27. The minimum absolute atomic E-state index is 0.0154. The number of carbonyl (C=O) groups excluding carboxylic acids is 1. The molecule has 1 saturated heterocycles. The molecule has 1 aromatic carbocycles. The van der Waals surface area contributed by atoms with E-state index in [1.54, 1.807) is 4.90 Å². The molecule has 104 valence electrons. The Labute approximate surface area is 113 Å². The second kappa shape index (κ2) is 5.82. The van der Waals surface area contributed by atoms with Crippen molar-refractivity contribution in [2.75, 3.05) is 18.8 Å². The number of ether oxygens (including phenoxy) is 1. The molecular formula is C14H21N3O2. The molecule has 1 aromatic rings. The Morgan fingerprint density at radius 2 is 2.11 bits per heavy atom. The van der Waals surface area contributed by atoms with Crippen LogP contribution in [0.15, 0.2) is 24.3 Å². The molecule has 0 radical (unpaired) electrons. The van der Waals surface area contributed by atoms with Crippen molar-refractivity contribution in [1.82, 2.24) is 10.2 Å². The van der Waals surface area contributed by atoms with Crippen LogP contribution in [0.4, 0.5) is 10.5 Å². The highest BCUT2D eigenvalue weighted by atomic mass is 16.5. The normalized spacial score (nSPS) is 18.7.